The smallest absolute Gasteiger partial charge is 0.328 e. The lowest BCUT2D eigenvalue weighted by molar-refractivity contribution is -0.243. The number of halogens is 1. The second kappa shape index (κ2) is 11.2. The third kappa shape index (κ3) is 5.61. The molecule has 0 bridgehead atoms. The van der Waals surface area contributed by atoms with Crippen molar-refractivity contribution in [1.29, 1.82) is 0 Å². The number of methoxy groups -OCH3 is 1. The normalized spacial score (nSPS) is 25.7. The number of ether oxygens (including phenoxy) is 2. The summed E-state index contributed by atoms with van der Waals surface area (Å²) in [5, 5.41) is 33.6. The Morgan fingerprint density at radius 3 is 2.65 bits per heavy atom. The molecule has 0 unspecified atom stereocenters. The van der Waals surface area contributed by atoms with Crippen LogP contribution in [0.2, 0.25) is 5.02 Å². The van der Waals surface area contributed by atoms with E-state index >= 15 is 0 Å². The quantitative estimate of drug-likeness (QED) is 0.310. The fraction of sp³-hybridized carbons (Fsp3) is 0.462. The lowest BCUT2D eigenvalue weighted by Gasteiger charge is -2.47. The number of aliphatic hydroxyl groups is 3. The van der Waals surface area contributed by atoms with Crippen LogP contribution in [0.25, 0.3) is 10.6 Å². The Morgan fingerprint density at radius 1 is 1.24 bits per heavy atom. The summed E-state index contributed by atoms with van der Waals surface area (Å²) < 4.78 is 16.5. The fourth-order valence-electron chi connectivity index (χ4n) is 4.76. The van der Waals surface area contributed by atoms with Crippen LogP contribution in [-0.2, 0) is 20.7 Å². The Balaban J connectivity index is 1.63. The lowest BCUT2D eigenvalue weighted by atomic mass is 9.77. The minimum absolute atomic E-state index is 0.0474. The van der Waals surface area contributed by atoms with Gasteiger partial charge in [0.1, 0.15) is 41.8 Å². The molecular formula is C26H31ClN2O7S. The highest BCUT2D eigenvalue weighted by Gasteiger charge is 2.55. The summed E-state index contributed by atoms with van der Waals surface area (Å²) in [4.78, 5) is 18.1. The molecule has 1 aromatic carbocycles. The van der Waals surface area contributed by atoms with Crippen molar-refractivity contribution >= 4 is 28.9 Å². The van der Waals surface area contributed by atoms with Gasteiger partial charge in [0.05, 0.1) is 23.3 Å². The zero-order valence-electron chi connectivity index (χ0n) is 20.7. The summed E-state index contributed by atoms with van der Waals surface area (Å²) in [5.74, 6) is -0.104. The van der Waals surface area contributed by atoms with Crippen LogP contribution in [0.1, 0.15) is 42.5 Å². The summed E-state index contributed by atoms with van der Waals surface area (Å²) in [6.07, 6.45) is -3.26. The molecule has 5 N–H and O–H groups in total. The number of carbonyl (C=O) groups is 1. The van der Waals surface area contributed by atoms with Crippen LogP contribution >= 0.6 is 22.9 Å². The van der Waals surface area contributed by atoms with E-state index < -0.39 is 42.0 Å². The third-order valence-corrected chi connectivity index (χ3v) is 7.87. The first kappa shape index (κ1) is 27.7. The van der Waals surface area contributed by atoms with E-state index in [4.69, 9.17) is 31.2 Å². The number of aliphatic hydroxyl groups excluding tert-OH is 3. The van der Waals surface area contributed by atoms with Crippen molar-refractivity contribution in [2.75, 3.05) is 7.11 Å². The molecule has 37 heavy (non-hydrogen) atoms. The Bertz CT molecular complexity index is 1220. The average molecular weight is 551 g/mol. The van der Waals surface area contributed by atoms with Gasteiger partial charge in [-0.25, -0.2) is 9.78 Å². The van der Waals surface area contributed by atoms with Crippen molar-refractivity contribution in [1.82, 2.24) is 4.98 Å². The molecule has 1 fully saturated rings. The number of esters is 1. The minimum Gasteiger partial charge on any atom is -0.468 e. The van der Waals surface area contributed by atoms with Gasteiger partial charge in [-0.3, -0.25) is 0 Å². The largest absolute Gasteiger partial charge is 0.468 e. The van der Waals surface area contributed by atoms with Gasteiger partial charge in [-0.1, -0.05) is 37.6 Å². The molecular weight excluding hydrogens is 520 g/mol. The van der Waals surface area contributed by atoms with Crippen molar-refractivity contribution in [3.8, 4) is 10.6 Å². The first-order valence-electron chi connectivity index (χ1n) is 11.9. The lowest BCUT2D eigenvalue weighted by Crippen LogP contribution is -2.69. The average Bonchev–Trinajstić information content (AvgIpc) is 3.55. The highest BCUT2D eigenvalue weighted by molar-refractivity contribution is 7.15. The number of nitrogens with two attached hydrogens (primary N) is 1. The van der Waals surface area contributed by atoms with E-state index in [0.29, 0.717) is 17.0 Å². The number of hydrogen-bond donors (Lipinski definition) is 4. The van der Waals surface area contributed by atoms with E-state index in [-0.39, 0.29) is 12.3 Å². The van der Waals surface area contributed by atoms with E-state index in [9.17, 15) is 20.1 Å². The summed E-state index contributed by atoms with van der Waals surface area (Å²) in [6.45, 7) is 3.73. The number of hydrogen-bond acceptors (Lipinski definition) is 10. The Morgan fingerprint density at radius 2 is 2.00 bits per heavy atom. The molecule has 0 aliphatic carbocycles. The standard InChI is InChI=1S/C26H31ClN2O7S/c1-13(2)11-26(28,25(33)34-3)24-22(32)20(30)21(31)23(36-24)14-6-7-16(27)15(9-14)10-19-29-12-18(37-19)17-5-4-8-35-17/h4-9,12-13,20-24,30-32H,10-11,28H2,1-3H3/t20-,21-,22+,23+,24+,26-/m1/s1. The van der Waals surface area contributed by atoms with Crippen molar-refractivity contribution in [2.45, 2.75) is 62.7 Å². The molecule has 0 spiro atoms. The highest BCUT2D eigenvalue weighted by Crippen LogP contribution is 2.39. The first-order chi connectivity index (χ1) is 17.5. The molecule has 3 heterocycles. The Hall–Kier alpha value is -2.31. The molecule has 0 saturated carbocycles. The molecule has 3 aromatic rings. The van der Waals surface area contributed by atoms with E-state index in [1.807, 2.05) is 19.9 Å². The van der Waals surface area contributed by atoms with Gasteiger partial charge in [0, 0.05) is 17.6 Å². The van der Waals surface area contributed by atoms with E-state index in [0.717, 1.165) is 21.2 Å². The summed E-state index contributed by atoms with van der Waals surface area (Å²) in [5.41, 5.74) is 5.95. The molecule has 6 atom stereocenters. The van der Waals surface area contributed by atoms with Crippen LogP contribution < -0.4 is 5.73 Å². The number of furan rings is 1. The zero-order valence-corrected chi connectivity index (χ0v) is 22.3. The third-order valence-electron chi connectivity index (χ3n) is 6.49. The molecule has 0 radical (unpaired) electrons. The van der Waals surface area contributed by atoms with Crippen LogP contribution in [0.4, 0.5) is 0 Å². The van der Waals surface area contributed by atoms with E-state index in [1.54, 1.807) is 36.7 Å². The molecule has 9 nitrogen and oxygen atoms in total. The van der Waals surface area contributed by atoms with Crippen molar-refractivity contribution in [3.05, 3.63) is 63.9 Å². The monoisotopic (exact) mass is 550 g/mol. The summed E-state index contributed by atoms with van der Waals surface area (Å²) >= 11 is 7.95. The number of benzene rings is 1. The number of thiazole rings is 1. The molecule has 11 heteroatoms. The van der Waals surface area contributed by atoms with Crippen molar-refractivity contribution < 1.29 is 34.0 Å². The van der Waals surface area contributed by atoms with E-state index in [1.165, 1.54) is 18.4 Å². The number of nitrogens with zero attached hydrogens (tertiary/aromatic N) is 1. The Kier molecular flexibility index (Phi) is 8.39. The zero-order chi connectivity index (χ0) is 26.9. The number of rotatable bonds is 8. The second-order valence-corrected chi connectivity index (χ2v) is 11.2. The van der Waals surface area contributed by atoms with Crippen molar-refractivity contribution in [3.63, 3.8) is 0 Å². The van der Waals surface area contributed by atoms with Gasteiger partial charge < -0.3 is 34.9 Å². The number of carbonyl (C=O) groups excluding carboxylic acids is 1. The molecule has 4 rings (SSSR count). The molecule has 1 saturated heterocycles. The highest BCUT2D eigenvalue weighted by atomic mass is 35.5. The van der Waals surface area contributed by atoms with Crippen molar-refractivity contribution in [2.24, 2.45) is 11.7 Å². The molecule has 200 valence electrons. The Labute approximate surface area is 223 Å². The molecule has 1 aliphatic rings. The minimum atomic E-state index is -1.75. The van der Waals surface area contributed by atoms with Gasteiger partial charge in [-0.15, -0.1) is 11.3 Å². The van der Waals surface area contributed by atoms with Gasteiger partial charge in [-0.05, 0) is 41.7 Å². The maximum atomic E-state index is 12.7. The maximum absolute atomic E-state index is 12.7. The molecule has 1 aliphatic heterocycles. The predicted octanol–water partition coefficient (Wildman–Crippen LogP) is 3.09. The predicted molar refractivity (Wildman–Crippen MR) is 138 cm³/mol. The fourth-order valence-corrected chi connectivity index (χ4v) is 5.85. The van der Waals surface area contributed by atoms with Gasteiger partial charge in [-0.2, -0.15) is 0 Å². The molecule has 2 aromatic heterocycles. The summed E-state index contributed by atoms with van der Waals surface area (Å²) in [7, 11) is 1.20. The molecule has 0 amide bonds. The van der Waals surface area contributed by atoms with Gasteiger partial charge in [0.25, 0.3) is 0 Å². The van der Waals surface area contributed by atoms with Crippen LogP contribution in [0.15, 0.2) is 47.2 Å². The van der Waals surface area contributed by atoms with Crippen LogP contribution in [0, 0.1) is 5.92 Å². The van der Waals surface area contributed by atoms with Gasteiger partial charge >= 0.3 is 5.97 Å². The van der Waals surface area contributed by atoms with Crippen LogP contribution in [0.3, 0.4) is 0 Å². The van der Waals surface area contributed by atoms with E-state index in [2.05, 4.69) is 4.98 Å². The van der Waals surface area contributed by atoms with Crippen LogP contribution in [0.5, 0.6) is 0 Å². The first-order valence-corrected chi connectivity index (χ1v) is 13.1. The van der Waals surface area contributed by atoms with Crippen LogP contribution in [-0.4, -0.2) is 63.3 Å². The number of aromatic nitrogens is 1. The SMILES string of the molecule is COC(=O)[C@@](N)(CC(C)C)[C@H]1O[C@@H](c2ccc(Cl)c(Cc3ncc(-c4ccco4)s3)c2)[C@H](O)[C@@H](O)[C@@H]1O. The summed E-state index contributed by atoms with van der Waals surface area (Å²) in [6, 6.07) is 8.74. The van der Waals surface area contributed by atoms with Gasteiger partial charge in [0.2, 0.25) is 0 Å². The maximum Gasteiger partial charge on any atom is 0.328 e. The topological polar surface area (TPSA) is 148 Å². The second-order valence-electron chi connectivity index (χ2n) is 9.70. The van der Waals surface area contributed by atoms with Gasteiger partial charge in [0.15, 0.2) is 0 Å².